The Labute approximate surface area is 311 Å². The lowest BCUT2D eigenvalue weighted by atomic mass is 9.73. The van der Waals surface area contributed by atoms with Crippen LogP contribution in [-0.4, -0.2) is 86.6 Å². The molecule has 11 heteroatoms. The van der Waals surface area contributed by atoms with Gasteiger partial charge in [-0.15, -0.1) is 0 Å². The summed E-state index contributed by atoms with van der Waals surface area (Å²) < 4.78 is 2.24. The number of fused-ring (bicyclic) bond motifs is 3. The fraction of sp³-hybridized carbons (Fsp3) is 0.524. The number of aromatic nitrogens is 3. The molecule has 53 heavy (non-hydrogen) atoms. The topological polar surface area (TPSA) is 119 Å². The van der Waals surface area contributed by atoms with E-state index < -0.39 is 11.6 Å². The van der Waals surface area contributed by atoms with Gasteiger partial charge in [-0.2, -0.15) is 0 Å². The van der Waals surface area contributed by atoms with Crippen molar-refractivity contribution in [1.29, 1.82) is 0 Å². The minimum atomic E-state index is -0.785. The molecule has 1 spiro atoms. The van der Waals surface area contributed by atoms with E-state index >= 15 is 0 Å². The Hall–Kier alpha value is -4.32. The molecule has 4 aromatic rings. The summed E-state index contributed by atoms with van der Waals surface area (Å²) >= 11 is 0. The van der Waals surface area contributed by atoms with Gasteiger partial charge in [0.15, 0.2) is 5.82 Å². The van der Waals surface area contributed by atoms with E-state index in [1.807, 2.05) is 24.2 Å². The molecule has 3 aliphatic heterocycles. The molecule has 9 rings (SSSR count). The summed E-state index contributed by atoms with van der Waals surface area (Å²) in [5.74, 6) is 1.00. The molecular weight excluding hydrogens is 665 g/mol. The molecule has 2 aliphatic carbocycles. The van der Waals surface area contributed by atoms with Crippen LogP contribution in [0.5, 0.6) is 0 Å². The Kier molecular flexibility index (Phi) is 8.59. The number of likely N-dealkylation sites (tertiary alicyclic amines) is 2. The number of aliphatic hydroxyl groups excluding tert-OH is 1. The summed E-state index contributed by atoms with van der Waals surface area (Å²) in [7, 11) is 1.75. The van der Waals surface area contributed by atoms with Crippen molar-refractivity contribution in [2.45, 2.75) is 108 Å². The first-order valence-electron chi connectivity index (χ1n) is 19.7. The maximum absolute atomic E-state index is 14.8. The van der Waals surface area contributed by atoms with Crippen molar-refractivity contribution in [3.63, 3.8) is 0 Å². The normalized spacial score (nSPS) is 23.4. The van der Waals surface area contributed by atoms with Crippen molar-refractivity contribution >= 4 is 40.0 Å². The number of imidazole rings is 1. The fourth-order valence-corrected chi connectivity index (χ4v) is 9.61. The standard InChI is InChI=1S/C42H52N8O3/c1-25-18-29(20-33(26(25)2)40(52)43-4)45-39-38-36(44-24-49(38)30-9-10-30)23-35(46-39)28-8-11-34-37(19-28)50(32-21-31(22-32)48-14-6-5-7-15-48)41(53)42(34)12-16-47(17-13-42)27(3)51/h8,11,18-20,23-24,30-32,40,43,52H,5-7,9-10,12-17,21-22H2,1-4H3,(H,45,46)/t31-,32+,40?. The Morgan fingerprint density at radius 1 is 0.962 bits per heavy atom. The molecule has 5 aliphatic rings. The summed E-state index contributed by atoms with van der Waals surface area (Å²) in [5.41, 5.74) is 8.87. The van der Waals surface area contributed by atoms with Crippen molar-refractivity contribution in [1.82, 2.24) is 29.7 Å². The summed E-state index contributed by atoms with van der Waals surface area (Å²) in [6.45, 7) is 9.24. The van der Waals surface area contributed by atoms with E-state index in [2.05, 4.69) is 62.3 Å². The van der Waals surface area contributed by atoms with Gasteiger partial charge in [-0.3, -0.25) is 14.9 Å². The van der Waals surface area contributed by atoms with Crippen LogP contribution in [0, 0.1) is 13.8 Å². The van der Waals surface area contributed by atoms with E-state index in [1.165, 1.54) is 19.3 Å². The second-order valence-corrected chi connectivity index (χ2v) is 16.3. The zero-order valence-corrected chi connectivity index (χ0v) is 31.5. The van der Waals surface area contributed by atoms with Gasteiger partial charge in [0.1, 0.15) is 11.7 Å². The molecule has 0 bridgehead atoms. The van der Waals surface area contributed by atoms with Crippen LogP contribution in [0.3, 0.4) is 0 Å². The number of anilines is 3. The van der Waals surface area contributed by atoms with Crippen molar-refractivity contribution in [2.75, 3.05) is 43.4 Å². The quantitative estimate of drug-likeness (QED) is 0.183. The lowest BCUT2D eigenvalue weighted by molar-refractivity contribution is -0.134. The molecule has 3 N–H and O–H groups in total. The predicted molar refractivity (Wildman–Crippen MR) is 207 cm³/mol. The number of pyridine rings is 1. The number of aryl methyl sites for hydroxylation is 1. The molecule has 1 atom stereocenters. The van der Waals surface area contributed by atoms with Gasteiger partial charge in [0.2, 0.25) is 11.8 Å². The van der Waals surface area contributed by atoms with Gasteiger partial charge < -0.3 is 29.7 Å². The number of piperidine rings is 2. The summed E-state index contributed by atoms with van der Waals surface area (Å²) in [6, 6.07) is 13.8. The second-order valence-electron chi connectivity index (χ2n) is 16.3. The minimum Gasteiger partial charge on any atom is -0.374 e. The first kappa shape index (κ1) is 34.4. The van der Waals surface area contributed by atoms with Crippen molar-refractivity contribution in [2.24, 2.45) is 0 Å². The van der Waals surface area contributed by atoms with Gasteiger partial charge in [-0.1, -0.05) is 18.6 Å². The second kappa shape index (κ2) is 13.2. The maximum Gasteiger partial charge on any atom is 0.238 e. The molecule has 2 amide bonds. The number of hydrogen-bond donors (Lipinski definition) is 3. The number of aliphatic hydroxyl groups is 1. The van der Waals surface area contributed by atoms with Gasteiger partial charge in [0.05, 0.1) is 23.0 Å². The molecule has 1 unspecified atom stereocenters. The van der Waals surface area contributed by atoms with Crippen LogP contribution in [0.2, 0.25) is 0 Å². The SMILES string of the molecule is CNC(O)c1cc(Nc2nc(-c3ccc4c(c3)N([C@H]3C[C@@H](N5CCCCC5)C3)C(=O)C43CCN(C(C)=O)CC3)cc3ncn(C4CC4)c23)cc(C)c1C. The lowest BCUT2D eigenvalue weighted by Gasteiger charge is -2.48. The molecule has 4 fully saturated rings. The number of carbonyl (C=O) groups excluding carboxylic acids is 2. The zero-order chi connectivity index (χ0) is 36.6. The highest BCUT2D eigenvalue weighted by atomic mass is 16.3. The first-order chi connectivity index (χ1) is 25.6. The molecule has 2 aromatic heterocycles. The Balaban J connectivity index is 1.11. The lowest BCUT2D eigenvalue weighted by Crippen LogP contribution is -2.58. The third kappa shape index (κ3) is 5.83. The molecule has 5 heterocycles. The van der Waals surface area contributed by atoms with Crippen LogP contribution in [0.25, 0.3) is 22.3 Å². The molecule has 2 saturated carbocycles. The molecular formula is C42H52N8O3. The Bertz CT molecular complexity index is 2090. The van der Waals surface area contributed by atoms with E-state index in [1.54, 1.807) is 14.0 Å². The van der Waals surface area contributed by atoms with E-state index in [0.29, 0.717) is 38.0 Å². The van der Waals surface area contributed by atoms with Gasteiger partial charge >= 0.3 is 0 Å². The van der Waals surface area contributed by atoms with Gasteiger partial charge in [-0.05, 0) is 126 Å². The summed E-state index contributed by atoms with van der Waals surface area (Å²) in [5, 5.41) is 17.4. The zero-order valence-electron chi connectivity index (χ0n) is 31.5. The van der Waals surface area contributed by atoms with Gasteiger partial charge in [0.25, 0.3) is 0 Å². The highest BCUT2D eigenvalue weighted by Crippen LogP contribution is 2.52. The van der Waals surface area contributed by atoms with E-state index in [9.17, 15) is 14.7 Å². The highest BCUT2D eigenvalue weighted by Gasteiger charge is 2.55. The number of nitrogens with zero attached hydrogens (tertiary/aromatic N) is 6. The largest absolute Gasteiger partial charge is 0.374 e. The van der Waals surface area contributed by atoms with Crippen LogP contribution in [0.1, 0.15) is 99.2 Å². The van der Waals surface area contributed by atoms with Crippen LogP contribution >= 0.6 is 0 Å². The van der Waals surface area contributed by atoms with E-state index in [-0.39, 0.29) is 17.9 Å². The van der Waals surface area contributed by atoms with Crippen LogP contribution in [0.15, 0.2) is 42.7 Å². The minimum absolute atomic E-state index is 0.0753. The molecule has 278 valence electrons. The Morgan fingerprint density at radius 2 is 1.72 bits per heavy atom. The van der Waals surface area contributed by atoms with Gasteiger partial charge in [-0.25, -0.2) is 9.97 Å². The van der Waals surface area contributed by atoms with Crippen molar-refractivity contribution < 1.29 is 14.7 Å². The maximum atomic E-state index is 14.8. The van der Waals surface area contributed by atoms with Crippen LogP contribution in [0.4, 0.5) is 17.2 Å². The highest BCUT2D eigenvalue weighted by molar-refractivity contribution is 6.09. The average molecular weight is 717 g/mol. The smallest absolute Gasteiger partial charge is 0.238 e. The molecule has 11 nitrogen and oxygen atoms in total. The summed E-state index contributed by atoms with van der Waals surface area (Å²) in [6.07, 6.45) is 10.5. The number of amides is 2. The fourth-order valence-electron chi connectivity index (χ4n) is 9.61. The van der Waals surface area contributed by atoms with E-state index in [4.69, 9.17) is 9.97 Å². The third-order valence-electron chi connectivity index (χ3n) is 13.2. The number of benzene rings is 2. The molecule has 2 saturated heterocycles. The summed E-state index contributed by atoms with van der Waals surface area (Å²) in [4.78, 5) is 44.0. The van der Waals surface area contributed by atoms with E-state index in [0.717, 1.165) is 101 Å². The van der Waals surface area contributed by atoms with Crippen LogP contribution in [-0.2, 0) is 15.0 Å². The monoisotopic (exact) mass is 716 g/mol. The van der Waals surface area contributed by atoms with Crippen molar-refractivity contribution in [3.8, 4) is 11.3 Å². The van der Waals surface area contributed by atoms with Gasteiger partial charge in [0, 0.05) is 60.6 Å². The number of carbonyl (C=O) groups is 2. The third-order valence-corrected chi connectivity index (χ3v) is 13.2. The number of rotatable bonds is 8. The van der Waals surface area contributed by atoms with Crippen molar-refractivity contribution in [3.05, 3.63) is 65.0 Å². The first-order valence-corrected chi connectivity index (χ1v) is 19.7. The average Bonchev–Trinajstić information content (AvgIpc) is 3.87. The predicted octanol–water partition coefficient (Wildman–Crippen LogP) is 6.25. The van der Waals surface area contributed by atoms with Crippen LogP contribution < -0.4 is 15.5 Å². The number of hydrogen-bond acceptors (Lipinski definition) is 8. The molecule has 0 radical (unpaired) electrons. The molecule has 2 aromatic carbocycles. The Morgan fingerprint density at radius 3 is 2.42 bits per heavy atom. The number of nitrogens with one attached hydrogen (secondary N) is 2.